The molecule has 1 aromatic rings. The molecule has 2 bridgehead atoms. The first-order valence-electron chi connectivity index (χ1n) is 24.1. The van der Waals surface area contributed by atoms with Gasteiger partial charge in [0, 0.05) is 101 Å². The number of nitrogens with zero attached hydrogens (tertiary/aromatic N) is 5. The molecule has 0 aliphatic carbocycles. The lowest BCUT2D eigenvalue weighted by Crippen LogP contribution is -2.66. The van der Waals surface area contributed by atoms with E-state index >= 15 is 0 Å². The van der Waals surface area contributed by atoms with Gasteiger partial charge in [-0.05, 0) is 42.2 Å². The largest absolute Gasteiger partial charge is 0.480 e. The van der Waals surface area contributed by atoms with Crippen molar-refractivity contribution >= 4 is 71.0 Å². The van der Waals surface area contributed by atoms with Crippen molar-refractivity contribution in [3.63, 3.8) is 0 Å². The van der Waals surface area contributed by atoms with Crippen molar-refractivity contribution < 1.29 is 53.7 Å². The first-order valence-corrected chi connectivity index (χ1v) is 26.4. The normalized spacial score (nSPS) is 22.9. The number of carboxylic acids is 3. The van der Waals surface area contributed by atoms with Crippen molar-refractivity contribution in [2.75, 3.05) is 110 Å². The van der Waals surface area contributed by atoms with E-state index in [9.17, 15) is 53.7 Å². The highest BCUT2D eigenvalue weighted by atomic mass is 32.2. The molecule has 3 aliphatic heterocycles. The number of carbonyl (C=O) groups excluding carboxylic acids is 5. The summed E-state index contributed by atoms with van der Waals surface area (Å²) >= 11 is 3.30. The first-order chi connectivity index (χ1) is 32.9. The Morgan fingerprint density at radius 2 is 1.19 bits per heavy atom. The van der Waals surface area contributed by atoms with Crippen molar-refractivity contribution in [2.24, 2.45) is 11.8 Å². The van der Waals surface area contributed by atoms with Crippen LogP contribution in [0.25, 0.3) is 0 Å². The number of benzene rings is 1. The minimum atomic E-state index is -1.47. The number of carbonyl (C=O) groups is 8. The van der Waals surface area contributed by atoms with Crippen LogP contribution < -0.4 is 21.3 Å². The van der Waals surface area contributed by atoms with Crippen LogP contribution in [-0.4, -0.2) is 215 Å². The molecule has 69 heavy (non-hydrogen) atoms. The maximum atomic E-state index is 14.7. The van der Waals surface area contributed by atoms with Gasteiger partial charge in [-0.15, -0.1) is 0 Å². The Balaban J connectivity index is 1.56. The lowest BCUT2D eigenvalue weighted by molar-refractivity contribution is -0.142. The van der Waals surface area contributed by atoms with E-state index in [1.807, 2.05) is 44.7 Å². The third-order valence-electron chi connectivity index (χ3n) is 12.8. The van der Waals surface area contributed by atoms with Gasteiger partial charge < -0.3 is 41.5 Å². The lowest BCUT2D eigenvalue weighted by atomic mass is 9.85. The summed E-state index contributed by atoms with van der Waals surface area (Å²) in [5.74, 6) is -2.76. The molecule has 2 fully saturated rings. The second kappa shape index (κ2) is 29.0. The van der Waals surface area contributed by atoms with Gasteiger partial charge in [-0.3, -0.25) is 58.0 Å². The van der Waals surface area contributed by atoms with E-state index in [0.717, 1.165) is 16.9 Å². The Bertz CT molecular complexity index is 1870. The van der Waals surface area contributed by atoms with Crippen molar-refractivity contribution in [2.45, 2.75) is 88.9 Å². The number of likely N-dealkylation sites (tertiary alicyclic amines) is 1. The van der Waals surface area contributed by atoms with Crippen molar-refractivity contribution in [3.8, 4) is 0 Å². The Morgan fingerprint density at radius 1 is 0.696 bits per heavy atom. The van der Waals surface area contributed by atoms with Crippen molar-refractivity contribution in [1.82, 2.24) is 45.8 Å². The monoisotopic (exact) mass is 1010 g/mol. The van der Waals surface area contributed by atoms with E-state index in [1.54, 1.807) is 43.1 Å². The van der Waals surface area contributed by atoms with Gasteiger partial charge in [0.25, 0.3) is 0 Å². The van der Waals surface area contributed by atoms with Crippen LogP contribution in [0.5, 0.6) is 0 Å². The molecule has 0 unspecified atom stereocenters. The fourth-order valence-electron chi connectivity index (χ4n) is 8.62. The van der Waals surface area contributed by atoms with Crippen LogP contribution in [0.1, 0.15) is 70.9 Å². The molecule has 3 heterocycles. The zero-order valence-corrected chi connectivity index (χ0v) is 42.4. The third-order valence-corrected chi connectivity index (χ3v) is 14.9. The second-order valence-corrected chi connectivity index (χ2v) is 21.0. The predicted octanol–water partition coefficient (Wildman–Crippen LogP) is 0.687. The summed E-state index contributed by atoms with van der Waals surface area (Å²) in [5, 5.41) is 40.7. The molecular weight excluding hydrogens is 931 g/mol. The summed E-state index contributed by atoms with van der Waals surface area (Å²) in [5.41, 5.74) is 0.803. The number of hydrogen-bond acceptors (Lipinski definition) is 14. The first kappa shape index (κ1) is 57.1. The average Bonchev–Trinajstić information content (AvgIpc) is 3.29. The smallest absolute Gasteiger partial charge is 0.317 e. The molecule has 3 aliphatic rings. The summed E-state index contributed by atoms with van der Waals surface area (Å²) in [7, 11) is 0. The molecule has 4 rings (SSSR count). The Kier molecular flexibility index (Phi) is 24.0. The molecule has 0 aromatic heterocycles. The maximum Gasteiger partial charge on any atom is 0.317 e. The van der Waals surface area contributed by atoms with Crippen LogP contribution >= 0.6 is 23.5 Å². The molecular formula is C47H75N9O11S2. The summed E-state index contributed by atoms with van der Waals surface area (Å²) in [6.45, 7) is 9.29. The van der Waals surface area contributed by atoms with Crippen molar-refractivity contribution in [3.05, 3.63) is 35.4 Å². The topological polar surface area (TPSA) is 262 Å². The van der Waals surface area contributed by atoms with Crippen LogP contribution in [-0.2, 0) is 49.9 Å². The van der Waals surface area contributed by atoms with Gasteiger partial charge >= 0.3 is 17.9 Å². The summed E-state index contributed by atoms with van der Waals surface area (Å²) in [4.78, 5) is 114. The van der Waals surface area contributed by atoms with E-state index in [4.69, 9.17) is 0 Å². The molecule has 1 spiro atoms. The molecule has 7 N–H and O–H groups in total. The van der Waals surface area contributed by atoms with Crippen LogP contribution in [0, 0.1) is 11.8 Å². The summed E-state index contributed by atoms with van der Waals surface area (Å²) in [6.07, 6.45) is 1.11. The molecule has 3 atom stereocenters. The molecule has 0 saturated carbocycles. The zero-order valence-electron chi connectivity index (χ0n) is 40.7. The number of amides is 5. The molecule has 386 valence electrons. The number of rotatable bonds is 12. The van der Waals surface area contributed by atoms with Crippen LogP contribution in [0.15, 0.2) is 24.3 Å². The van der Waals surface area contributed by atoms with Gasteiger partial charge in [-0.1, -0.05) is 58.4 Å². The Labute approximate surface area is 414 Å². The van der Waals surface area contributed by atoms with E-state index in [-0.39, 0.29) is 147 Å². The fraction of sp³-hybridized carbons (Fsp3) is 0.702. The van der Waals surface area contributed by atoms with E-state index < -0.39 is 47.3 Å². The fourth-order valence-corrected chi connectivity index (χ4v) is 10.3. The van der Waals surface area contributed by atoms with Crippen LogP contribution in [0.2, 0.25) is 0 Å². The molecule has 1 aromatic carbocycles. The van der Waals surface area contributed by atoms with Gasteiger partial charge in [-0.2, -0.15) is 23.5 Å². The highest BCUT2D eigenvalue weighted by Crippen LogP contribution is 2.26. The average molecular weight is 1010 g/mol. The SMILES string of the molecule is CC[C@H](C)[C@@H]1NC(=O)[C@H](CC(C)C)NC(=O)C2(CCN(C(=O)CN3CCN(CC(=O)O)CCN(CC(=O)O)CCN(CC(=O)O)CC3)CC2)NC(=O)CCSCc2cccc(c2)CSCCNC1=O. The summed E-state index contributed by atoms with van der Waals surface area (Å²) in [6, 6.07) is 6.38. The predicted molar refractivity (Wildman–Crippen MR) is 265 cm³/mol. The molecule has 2 saturated heterocycles. The number of carboxylic acid groups (broad SMARTS) is 3. The Morgan fingerprint density at radius 3 is 1.67 bits per heavy atom. The zero-order chi connectivity index (χ0) is 50.5. The van der Waals surface area contributed by atoms with Crippen molar-refractivity contribution in [1.29, 1.82) is 0 Å². The minimum absolute atomic E-state index is 0.0288. The number of piperidine rings is 1. The van der Waals surface area contributed by atoms with Crippen LogP contribution in [0.3, 0.4) is 0 Å². The van der Waals surface area contributed by atoms with Gasteiger partial charge in [-0.25, -0.2) is 0 Å². The number of nitrogens with one attached hydrogen (secondary N) is 4. The Hall–Kier alpha value is -4.48. The third kappa shape index (κ3) is 20.0. The number of aliphatic carboxylic acids is 3. The highest BCUT2D eigenvalue weighted by molar-refractivity contribution is 7.98. The summed E-state index contributed by atoms with van der Waals surface area (Å²) < 4.78 is 0. The van der Waals surface area contributed by atoms with Gasteiger partial charge in [0.1, 0.15) is 17.6 Å². The number of hydrogen-bond donors (Lipinski definition) is 7. The standard InChI is InChI=1S/C47H75N9O11S2/c1-5-34(4)43-45(66)48-12-24-69-32-36-8-6-7-35(26-36)31-68-23-9-38(57)51-47(46(67)49-37(25-33(2)3)44(65)50-43)10-13-56(14-11-47)39(58)27-52-15-17-53(28-40(59)60)19-21-55(30-42(63)64)22-20-54(18-16-52)29-41(61)62/h6-8,26,33-34,37,43H,5,9-25,27-32H2,1-4H3,(H,48,66)(H,49,67)(H,50,65)(H,51,57)(H,59,60)(H,61,62)(H,63,64)/t34-,37-,43-/m0/s1. The molecule has 0 radical (unpaired) electrons. The van der Waals surface area contributed by atoms with E-state index in [2.05, 4.69) is 33.4 Å². The lowest BCUT2D eigenvalue weighted by Gasteiger charge is -2.42. The number of fused-ring (bicyclic) bond motifs is 2. The van der Waals surface area contributed by atoms with Crippen LogP contribution in [0.4, 0.5) is 0 Å². The second-order valence-electron chi connectivity index (χ2n) is 18.8. The minimum Gasteiger partial charge on any atom is -0.480 e. The molecule has 22 heteroatoms. The highest BCUT2D eigenvalue weighted by Gasteiger charge is 2.45. The molecule has 20 nitrogen and oxygen atoms in total. The number of thioether (sulfide) groups is 2. The quantitative estimate of drug-likeness (QED) is 0.152. The maximum absolute atomic E-state index is 14.7. The van der Waals surface area contributed by atoms with E-state index in [1.165, 1.54) is 0 Å². The van der Waals surface area contributed by atoms with Gasteiger partial charge in [0.2, 0.25) is 29.5 Å². The van der Waals surface area contributed by atoms with Gasteiger partial charge in [0.15, 0.2) is 0 Å². The van der Waals surface area contributed by atoms with E-state index in [0.29, 0.717) is 30.2 Å². The van der Waals surface area contributed by atoms with Gasteiger partial charge in [0.05, 0.1) is 26.2 Å². The molecule has 5 amide bonds.